The van der Waals surface area contributed by atoms with Gasteiger partial charge in [0.1, 0.15) is 0 Å². The lowest BCUT2D eigenvalue weighted by molar-refractivity contribution is -0.275. The second kappa shape index (κ2) is 8.52. The van der Waals surface area contributed by atoms with E-state index in [4.69, 9.17) is 5.73 Å². The van der Waals surface area contributed by atoms with Gasteiger partial charge >= 0.3 is 6.36 Å². The van der Waals surface area contributed by atoms with Gasteiger partial charge in [0, 0.05) is 5.75 Å². The highest BCUT2D eigenvalue weighted by Gasteiger charge is 2.32. The number of nitrogens with two attached hydrogens (primary N) is 1. The van der Waals surface area contributed by atoms with Crippen LogP contribution < -0.4 is 10.5 Å². The van der Waals surface area contributed by atoms with Gasteiger partial charge in [-0.3, -0.25) is 0 Å². The third-order valence-electron chi connectivity index (χ3n) is 2.77. The summed E-state index contributed by atoms with van der Waals surface area (Å²) in [6, 6.07) is 12.5. The minimum absolute atomic E-state index is 0.185. The summed E-state index contributed by atoms with van der Waals surface area (Å²) in [7, 11) is 0. The van der Waals surface area contributed by atoms with E-state index < -0.39 is 17.9 Å². The van der Waals surface area contributed by atoms with Crippen molar-refractivity contribution in [1.29, 1.82) is 0 Å². The average molecular weight is 371 g/mol. The number of ether oxygens (including phenoxy) is 1. The Hall–Kier alpha value is -2.55. The second-order valence-corrected chi connectivity index (χ2v) is 5.69. The molecule has 0 unspecified atom stereocenters. The van der Waals surface area contributed by atoms with E-state index in [1.54, 1.807) is 0 Å². The normalized spacial score (nSPS) is 12.6. The first kappa shape index (κ1) is 18.8. The molecule has 0 atom stereocenters. The Labute approximate surface area is 145 Å². The van der Waals surface area contributed by atoms with Gasteiger partial charge in [0.25, 0.3) is 0 Å². The van der Waals surface area contributed by atoms with Crippen molar-refractivity contribution in [1.82, 2.24) is 0 Å². The molecule has 0 fully saturated rings. The maximum atomic E-state index is 13.3. The lowest BCUT2D eigenvalue weighted by Crippen LogP contribution is -2.18. The van der Waals surface area contributed by atoms with Gasteiger partial charge in [-0.1, -0.05) is 48.2 Å². The molecule has 0 aliphatic rings. The van der Waals surface area contributed by atoms with E-state index in [0.29, 0.717) is 5.75 Å². The number of nitrogens with zero attached hydrogens (tertiary/aromatic N) is 2. The van der Waals surface area contributed by atoms with Gasteiger partial charge in [-0.25, -0.2) is 4.39 Å². The summed E-state index contributed by atoms with van der Waals surface area (Å²) < 4.78 is 53.4. The Morgan fingerprint density at radius 2 is 1.88 bits per heavy atom. The van der Waals surface area contributed by atoms with Gasteiger partial charge < -0.3 is 10.5 Å². The number of rotatable bonds is 5. The van der Waals surface area contributed by atoms with Crippen LogP contribution in [0.5, 0.6) is 5.75 Å². The van der Waals surface area contributed by atoms with Crippen LogP contribution in [0.25, 0.3) is 0 Å². The third-order valence-corrected chi connectivity index (χ3v) is 3.63. The van der Waals surface area contributed by atoms with Gasteiger partial charge in [-0.05, 0) is 23.3 Å². The number of hydrogen-bond donors (Lipinski definition) is 1. The molecule has 2 N–H and O–H groups in total. The molecule has 0 radical (unpaired) electrons. The van der Waals surface area contributed by atoms with E-state index in [2.05, 4.69) is 14.9 Å². The maximum Gasteiger partial charge on any atom is 0.573 e. The number of benzene rings is 2. The predicted molar refractivity (Wildman–Crippen MR) is 90.0 cm³/mol. The van der Waals surface area contributed by atoms with Crippen LogP contribution in [0.15, 0.2) is 58.7 Å². The molecule has 0 heterocycles. The van der Waals surface area contributed by atoms with Crippen LogP contribution in [-0.2, 0) is 5.75 Å². The summed E-state index contributed by atoms with van der Waals surface area (Å²) >= 11 is 1.26. The molecule has 2 aromatic rings. The molecule has 0 saturated heterocycles. The minimum atomic E-state index is -4.98. The second-order valence-electron chi connectivity index (χ2n) is 4.69. The van der Waals surface area contributed by atoms with E-state index in [1.165, 1.54) is 17.8 Å². The molecule has 0 aliphatic carbocycles. The number of amidine groups is 1. The fraction of sp³-hybridized carbons (Fsp3) is 0.125. The first-order valence-electron chi connectivity index (χ1n) is 6.92. The van der Waals surface area contributed by atoms with Gasteiger partial charge in [0.15, 0.2) is 16.7 Å². The van der Waals surface area contributed by atoms with Crippen LogP contribution >= 0.6 is 11.8 Å². The van der Waals surface area contributed by atoms with Crippen molar-refractivity contribution in [2.24, 2.45) is 15.9 Å². The Balaban J connectivity index is 1.97. The molecule has 2 rings (SSSR count). The molecule has 0 aromatic heterocycles. The zero-order valence-electron chi connectivity index (χ0n) is 12.7. The highest BCUT2D eigenvalue weighted by molar-refractivity contribution is 8.13. The molecule has 0 saturated carbocycles. The van der Waals surface area contributed by atoms with Gasteiger partial charge in [-0.15, -0.1) is 18.3 Å². The van der Waals surface area contributed by atoms with Crippen molar-refractivity contribution >= 4 is 23.1 Å². The van der Waals surface area contributed by atoms with Crippen LogP contribution in [-0.4, -0.2) is 17.7 Å². The first-order chi connectivity index (χ1) is 11.8. The lowest BCUT2D eigenvalue weighted by Gasteiger charge is -2.09. The number of hydrogen-bond acceptors (Lipinski definition) is 4. The SMILES string of the molecule is NC(=NN=Cc1ccc(F)c(OC(F)(F)F)c1)SCc1ccccc1. The molecular weight excluding hydrogens is 358 g/mol. The Kier molecular flexibility index (Phi) is 6.40. The summed E-state index contributed by atoms with van der Waals surface area (Å²) in [6.07, 6.45) is -3.83. The molecule has 0 bridgehead atoms. The Morgan fingerprint density at radius 3 is 2.56 bits per heavy atom. The summed E-state index contributed by atoms with van der Waals surface area (Å²) in [5.41, 5.74) is 6.93. The molecular formula is C16H13F4N3OS. The molecule has 132 valence electrons. The number of alkyl halides is 3. The van der Waals surface area contributed by atoms with Crippen molar-refractivity contribution in [2.45, 2.75) is 12.1 Å². The quantitative estimate of drug-likeness (QED) is 0.369. The topological polar surface area (TPSA) is 60.0 Å². The van der Waals surface area contributed by atoms with Crippen LogP contribution in [0.1, 0.15) is 11.1 Å². The zero-order chi connectivity index (χ0) is 18.3. The molecule has 25 heavy (non-hydrogen) atoms. The average Bonchev–Trinajstić information content (AvgIpc) is 2.55. The smallest absolute Gasteiger partial charge is 0.403 e. The fourth-order valence-electron chi connectivity index (χ4n) is 1.72. The van der Waals surface area contributed by atoms with E-state index in [0.717, 1.165) is 23.9 Å². The molecule has 9 heteroatoms. The monoisotopic (exact) mass is 371 g/mol. The maximum absolute atomic E-state index is 13.3. The van der Waals surface area contributed by atoms with E-state index in [-0.39, 0.29) is 10.7 Å². The van der Waals surface area contributed by atoms with E-state index in [9.17, 15) is 17.6 Å². The van der Waals surface area contributed by atoms with Crippen LogP contribution in [0.3, 0.4) is 0 Å². The van der Waals surface area contributed by atoms with Gasteiger partial charge in [0.05, 0.1) is 6.21 Å². The van der Waals surface area contributed by atoms with Crippen LogP contribution in [0.2, 0.25) is 0 Å². The van der Waals surface area contributed by atoms with E-state index in [1.807, 2.05) is 30.3 Å². The fourth-order valence-corrected chi connectivity index (χ4v) is 2.33. The van der Waals surface area contributed by atoms with Crippen molar-refractivity contribution in [3.63, 3.8) is 0 Å². The van der Waals surface area contributed by atoms with Crippen LogP contribution in [0, 0.1) is 5.82 Å². The minimum Gasteiger partial charge on any atom is -0.403 e. The lowest BCUT2D eigenvalue weighted by atomic mass is 10.2. The summed E-state index contributed by atoms with van der Waals surface area (Å²) in [6.45, 7) is 0. The molecule has 0 amide bonds. The van der Waals surface area contributed by atoms with Crippen molar-refractivity contribution < 1.29 is 22.3 Å². The molecule has 0 aliphatic heterocycles. The van der Waals surface area contributed by atoms with Crippen LogP contribution in [0.4, 0.5) is 17.6 Å². The Morgan fingerprint density at radius 1 is 1.16 bits per heavy atom. The first-order valence-corrected chi connectivity index (χ1v) is 7.90. The number of halogens is 4. The summed E-state index contributed by atoms with van der Waals surface area (Å²) in [5, 5.41) is 7.60. The standard InChI is InChI=1S/C16H13F4N3OS/c17-13-7-6-12(8-14(13)24-16(18,19)20)9-22-23-15(21)25-10-11-4-2-1-3-5-11/h1-9H,10H2,(H2,21,23). The highest BCUT2D eigenvalue weighted by atomic mass is 32.2. The molecule has 0 spiro atoms. The number of thioether (sulfide) groups is 1. The van der Waals surface area contributed by atoms with Crippen molar-refractivity contribution in [3.8, 4) is 5.75 Å². The summed E-state index contributed by atoms with van der Waals surface area (Å²) in [5.74, 6) is -1.46. The molecule has 2 aromatic carbocycles. The van der Waals surface area contributed by atoms with Gasteiger partial charge in [0.2, 0.25) is 0 Å². The third kappa shape index (κ3) is 6.84. The van der Waals surface area contributed by atoms with Crippen molar-refractivity contribution in [3.05, 3.63) is 65.5 Å². The van der Waals surface area contributed by atoms with Crippen molar-refractivity contribution in [2.75, 3.05) is 0 Å². The highest BCUT2D eigenvalue weighted by Crippen LogP contribution is 2.26. The van der Waals surface area contributed by atoms with E-state index >= 15 is 0 Å². The Bertz CT molecular complexity index is 764. The summed E-state index contributed by atoms with van der Waals surface area (Å²) in [4.78, 5) is 0. The predicted octanol–water partition coefficient (Wildman–Crippen LogP) is 4.31. The zero-order valence-corrected chi connectivity index (χ0v) is 13.5. The molecule has 4 nitrogen and oxygen atoms in total. The van der Waals surface area contributed by atoms with Gasteiger partial charge in [-0.2, -0.15) is 5.10 Å². The largest absolute Gasteiger partial charge is 0.573 e.